The Bertz CT molecular complexity index is 387. The molecule has 1 aromatic rings. The maximum absolute atomic E-state index is 10.3. The third kappa shape index (κ3) is 1.99. The van der Waals surface area contributed by atoms with Gasteiger partial charge in [0, 0.05) is 7.11 Å². The van der Waals surface area contributed by atoms with Crippen LogP contribution in [0, 0.1) is 0 Å². The monoisotopic (exact) mass is 203 g/mol. The van der Waals surface area contributed by atoms with E-state index < -0.39 is 0 Å². The maximum atomic E-state index is 10.3. The zero-order valence-electron chi connectivity index (χ0n) is 8.69. The molecule has 1 fully saturated rings. The standard InChI is InChI=1S/C12H13NO2/c1-15-8-10-2-4-11(5-3-10)12(6-7-12)13-9-14/h2-5H,6-8H2,1H3. The number of carbonyl (C=O) groups excluding carboxylic acids is 1. The van der Waals surface area contributed by atoms with E-state index in [9.17, 15) is 4.79 Å². The second-order valence-electron chi connectivity index (χ2n) is 3.86. The van der Waals surface area contributed by atoms with Crippen LogP contribution in [0.2, 0.25) is 0 Å². The number of nitrogens with zero attached hydrogens (tertiary/aromatic N) is 1. The van der Waals surface area contributed by atoms with Crippen molar-refractivity contribution in [1.82, 2.24) is 0 Å². The summed E-state index contributed by atoms with van der Waals surface area (Å²) in [4.78, 5) is 14.2. The summed E-state index contributed by atoms with van der Waals surface area (Å²) >= 11 is 0. The first kappa shape index (κ1) is 10.1. The minimum atomic E-state index is -0.257. The molecule has 15 heavy (non-hydrogen) atoms. The number of hydrogen-bond acceptors (Lipinski definition) is 3. The molecular formula is C12H13NO2. The normalized spacial score (nSPS) is 16.9. The molecular weight excluding hydrogens is 190 g/mol. The minimum absolute atomic E-state index is 0.257. The van der Waals surface area contributed by atoms with Gasteiger partial charge in [0.2, 0.25) is 6.08 Å². The highest BCUT2D eigenvalue weighted by Gasteiger charge is 2.44. The fourth-order valence-corrected chi connectivity index (χ4v) is 1.75. The van der Waals surface area contributed by atoms with Crippen LogP contribution in [-0.4, -0.2) is 13.2 Å². The van der Waals surface area contributed by atoms with Crippen LogP contribution >= 0.6 is 0 Å². The third-order valence-corrected chi connectivity index (χ3v) is 2.79. The van der Waals surface area contributed by atoms with Crippen LogP contribution in [-0.2, 0) is 21.7 Å². The quantitative estimate of drug-likeness (QED) is 0.555. The molecule has 0 amide bonds. The van der Waals surface area contributed by atoms with Crippen molar-refractivity contribution in [2.24, 2.45) is 4.99 Å². The molecule has 0 spiro atoms. The van der Waals surface area contributed by atoms with Gasteiger partial charge in [0.05, 0.1) is 12.1 Å². The molecule has 0 saturated heterocycles. The van der Waals surface area contributed by atoms with Crippen molar-refractivity contribution < 1.29 is 9.53 Å². The largest absolute Gasteiger partial charge is 0.380 e. The lowest BCUT2D eigenvalue weighted by Gasteiger charge is -2.08. The summed E-state index contributed by atoms with van der Waals surface area (Å²) < 4.78 is 5.03. The summed E-state index contributed by atoms with van der Waals surface area (Å²) in [5, 5.41) is 0. The fourth-order valence-electron chi connectivity index (χ4n) is 1.75. The van der Waals surface area contributed by atoms with Gasteiger partial charge in [-0.1, -0.05) is 24.3 Å². The summed E-state index contributed by atoms with van der Waals surface area (Å²) in [7, 11) is 1.67. The Hall–Kier alpha value is -1.44. The van der Waals surface area contributed by atoms with E-state index in [1.165, 1.54) is 0 Å². The number of benzene rings is 1. The highest BCUT2D eigenvalue weighted by atomic mass is 16.5. The Morgan fingerprint density at radius 2 is 2.07 bits per heavy atom. The highest BCUT2D eigenvalue weighted by molar-refractivity contribution is 5.41. The van der Waals surface area contributed by atoms with Gasteiger partial charge >= 0.3 is 0 Å². The lowest BCUT2D eigenvalue weighted by atomic mass is 10.0. The molecule has 1 saturated carbocycles. The van der Waals surface area contributed by atoms with Crippen molar-refractivity contribution >= 4 is 6.08 Å². The fraction of sp³-hybridized carbons (Fsp3) is 0.417. The average molecular weight is 203 g/mol. The molecule has 0 heterocycles. The second kappa shape index (κ2) is 3.97. The topological polar surface area (TPSA) is 38.7 Å². The number of isocyanates is 1. The van der Waals surface area contributed by atoms with Crippen LogP contribution in [0.25, 0.3) is 0 Å². The summed E-state index contributed by atoms with van der Waals surface area (Å²) in [6, 6.07) is 8.06. The molecule has 0 atom stereocenters. The second-order valence-corrected chi connectivity index (χ2v) is 3.86. The van der Waals surface area contributed by atoms with E-state index in [4.69, 9.17) is 4.74 Å². The van der Waals surface area contributed by atoms with Crippen LogP contribution in [0.15, 0.2) is 29.3 Å². The highest BCUT2D eigenvalue weighted by Crippen LogP contribution is 2.49. The van der Waals surface area contributed by atoms with Gasteiger partial charge in [-0.2, -0.15) is 4.99 Å². The number of ether oxygens (including phenoxy) is 1. The van der Waals surface area contributed by atoms with Crippen LogP contribution < -0.4 is 0 Å². The summed E-state index contributed by atoms with van der Waals surface area (Å²) in [5.74, 6) is 0. The SMILES string of the molecule is COCc1ccc(C2(N=C=O)CC2)cc1. The van der Waals surface area contributed by atoms with Gasteiger partial charge in [-0.25, -0.2) is 4.79 Å². The minimum Gasteiger partial charge on any atom is -0.380 e. The number of hydrogen-bond donors (Lipinski definition) is 0. The van der Waals surface area contributed by atoms with E-state index in [1.54, 1.807) is 13.2 Å². The van der Waals surface area contributed by atoms with Crippen LogP contribution in [0.1, 0.15) is 24.0 Å². The van der Waals surface area contributed by atoms with Crippen molar-refractivity contribution in [3.8, 4) is 0 Å². The number of rotatable bonds is 4. The molecule has 0 bridgehead atoms. The molecule has 0 radical (unpaired) electrons. The Kier molecular flexibility index (Phi) is 2.67. The molecule has 2 rings (SSSR count). The molecule has 0 unspecified atom stereocenters. The molecule has 1 aromatic carbocycles. The van der Waals surface area contributed by atoms with Gasteiger partial charge in [0.15, 0.2) is 0 Å². The maximum Gasteiger partial charge on any atom is 0.235 e. The molecule has 0 aromatic heterocycles. The van der Waals surface area contributed by atoms with Crippen molar-refractivity contribution in [3.63, 3.8) is 0 Å². The first-order chi connectivity index (χ1) is 7.30. The van der Waals surface area contributed by atoms with Crippen molar-refractivity contribution in [3.05, 3.63) is 35.4 Å². The van der Waals surface area contributed by atoms with Gasteiger partial charge in [0.25, 0.3) is 0 Å². The lowest BCUT2D eigenvalue weighted by molar-refractivity contribution is 0.185. The molecule has 0 N–H and O–H groups in total. The molecule has 1 aliphatic carbocycles. The van der Waals surface area contributed by atoms with Gasteiger partial charge in [0.1, 0.15) is 0 Å². The zero-order valence-corrected chi connectivity index (χ0v) is 8.69. The molecule has 1 aliphatic rings. The zero-order chi connectivity index (χ0) is 10.7. The van der Waals surface area contributed by atoms with E-state index in [1.807, 2.05) is 24.3 Å². The molecule has 3 heteroatoms. The Labute approximate surface area is 88.8 Å². The number of methoxy groups -OCH3 is 1. The van der Waals surface area contributed by atoms with E-state index in [-0.39, 0.29) is 5.54 Å². The summed E-state index contributed by atoms with van der Waals surface area (Å²) in [6.45, 7) is 0.615. The first-order valence-electron chi connectivity index (χ1n) is 4.98. The summed E-state index contributed by atoms with van der Waals surface area (Å²) in [5.41, 5.74) is 1.98. The predicted octanol–water partition coefficient (Wildman–Crippen LogP) is 2.16. The van der Waals surface area contributed by atoms with E-state index in [0.29, 0.717) is 6.61 Å². The Morgan fingerprint density at radius 3 is 2.53 bits per heavy atom. The number of aliphatic imine (C=N–C) groups is 1. The van der Waals surface area contributed by atoms with Crippen molar-refractivity contribution in [2.75, 3.05) is 7.11 Å². The van der Waals surface area contributed by atoms with E-state index in [0.717, 1.165) is 24.0 Å². The Morgan fingerprint density at radius 1 is 1.40 bits per heavy atom. The van der Waals surface area contributed by atoms with Crippen LogP contribution in [0.3, 0.4) is 0 Å². The van der Waals surface area contributed by atoms with E-state index >= 15 is 0 Å². The smallest absolute Gasteiger partial charge is 0.235 e. The van der Waals surface area contributed by atoms with Gasteiger partial charge in [-0.05, 0) is 24.0 Å². The average Bonchev–Trinajstić information content (AvgIpc) is 3.01. The van der Waals surface area contributed by atoms with E-state index in [2.05, 4.69) is 4.99 Å². The first-order valence-corrected chi connectivity index (χ1v) is 4.98. The third-order valence-electron chi connectivity index (χ3n) is 2.79. The van der Waals surface area contributed by atoms with Crippen molar-refractivity contribution in [1.29, 1.82) is 0 Å². The van der Waals surface area contributed by atoms with Gasteiger partial charge < -0.3 is 4.74 Å². The molecule has 78 valence electrons. The van der Waals surface area contributed by atoms with Crippen LogP contribution in [0.5, 0.6) is 0 Å². The Balaban J connectivity index is 2.20. The molecule has 0 aliphatic heterocycles. The van der Waals surface area contributed by atoms with Gasteiger partial charge in [-0.15, -0.1) is 0 Å². The predicted molar refractivity (Wildman–Crippen MR) is 56.2 cm³/mol. The molecule has 3 nitrogen and oxygen atoms in total. The lowest BCUT2D eigenvalue weighted by Crippen LogP contribution is -2.02. The van der Waals surface area contributed by atoms with Crippen molar-refractivity contribution in [2.45, 2.75) is 25.0 Å². The van der Waals surface area contributed by atoms with Crippen LogP contribution in [0.4, 0.5) is 0 Å². The summed E-state index contributed by atoms with van der Waals surface area (Å²) in [6.07, 6.45) is 3.56. The van der Waals surface area contributed by atoms with Gasteiger partial charge in [-0.3, -0.25) is 0 Å².